The lowest BCUT2D eigenvalue weighted by Crippen LogP contribution is -2.16. The smallest absolute Gasteiger partial charge is 0.203 e. The minimum absolute atomic E-state index is 0.196. The van der Waals surface area contributed by atoms with E-state index in [0.29, 0.717) is 6.04 Å². The van der Waals surface area contributed by atoms with Crippen molar-refractivity contribution in [2.45, 2.75) is 39.8 Å². The van der Waals surface area contributed by atoms with Crippen molar-refractivity contribution in [3.8, 4) is 0 Å². The molecule has 0 aliphatic carbocycles. The van der Waals surface area contributed by atoms with E-state index in [2.05, 4.69) is 47.9 Å². The van der Waals surface area contributed by atoms with Gasteiger partial charge in [0.1, 0.15) is 0 Å². The van der Waals surface area contributed by atoms with Crippen molar-refractivity contribution in [3.05, 3.63) is 46.7 Å². The molecule has 1 atom stereocenters. The fourth-order valence-corrected chi connectivity index (χ4v) is 2.30. The lowest BCUT2D eigenvalue weighted by molar-refractivity contribution is 0.638. The second kappa shape index (κ2) is 5.66. The average molecular weight is 278 g/mol. The highest BCUT2D eigenvalue weighted by atomic mass is 35.5. The Hall–Kier alpha value is -1.48. The van der Waals surface area contributed by atoms with Gasteiger partial charge < -0.3 is 9.88 Å². The number of halogens is 1. The highest BCUT2D eigenvalue weighted by molar-refractivity contribution is 6.30. The molecule has 0 spiro atoms. The third-order valence-electron chi connectivity index (χ3n) is 3.02. The lowest BCUT2D eigenvalue weighted by atomic mass is 10.1. The van der Waals surface area contributed by atoms with Gasteiger partial charge in [-0.1, -0.05) is 23.7 Å². The Labute approximate surface area is 119 Å². The minimum Gasteiger partial charge on any atom is -0.353 e. The molecule has 1 N–H and O–H groups in total. The van der Waals surface area contributed by atoms with E-state index < -0.39 is 0 Å². The molecule has 0 aliphatic rings. The van der Waals surface area contributed by atoms with E-state index in [1.165, 1.54) is 5.56 Å². The number of hydrogen-bond acceptors (Lipinski definition) is 2. The second-order valence-corrected chi connectivity index (χ2v) is 5.58. The predicted octanol–water partition coefficient (Wildman–Crippen LogP) is 4.27. The van der Waals surface area contributed by atoms with E-state index in [-0.39, 0.29) is 6.04 Å². The molecule has 0 aliphatic heterocycles. The molecular formula is C15H20ClN3. The van der Waals surface area contributed by atoms with Gasteiger partial charge in [-0.15, -0.1) is 0 Å². The van der Waals surface area contributed by atoms with Crippen molar-refractivity contribution < 1.29 is 0 Å². The molecule has 0 fully saturated rings. The first-order valence-corrected chi connectivity index (χ1v) is 6.92. The SMILES string of the molecule is Cc1cn(C(C)c2cccc(Cl)c2)c(NC(C)C)n1. The van der Waals surface area contributed by atoms with Crippen LogP contribution in [0.2, 0.25) is 5.02 Å². The van der Waals surface area contributed by atoms with Gasteiger partial charge in [-0.05, 0) is 45.4 Å². The van der Waals surface area contributed by atoms with E-state index in [1.807, 2.05) is 25.1 Å². The van der Waals surface area contributed by atoms with Crippen LogP contribution in [0.15, 0.2) is 30.5 Å². The van der Waals surface area contributed by atoms with Gasteiger partial charge in [0.15, 0.2) is 0 Å². The Morgan fingerprint density at radius 2 is 2.00 bits per heavy atom. The van der Waals surface area contributed by atoms with Crippen LogP contribution < -0.4 is 5.32 Å². The summed E-state index contributed by atoms with van der Waals surface area (Å²) in [7, 11) is 0. The summed E-state index contributed by atoms with van der Waals surface area (Å²) in [6.07, 6.45) is 2.07. The fourth-order valence-electron chi connectivity index (χ4n) is 2.10. The summed E-state index contributed by atoms with van der Waals surface area (Å²) < 4.78 is 2.15. The third kappa shape index (κ3) is 3.29. The van der Waals surface area contributed by atoms with Crippen LogP contribution in [0.4, 0.5) is 5.95 Å². The number of nitrogens with zero attached hydrogens (tertiary/aromatic N) is 2. The number of anilines is 1. The van der Waals surface area contributed by atoms with Crippen LogP contribution in [0, 0.1) is 6.92 Å². The lowest BCUT2D eigenvalue weighted by Gasteiger charge is -2.19. The van der Waals surface area contributed by atoms with Gasteiger partial charge >= 0.3 is 0 Å². The summed E-state index contributed by atoms with van der Waals surface area (Å²) in [6.45, 7) is 8.38. The predicted molar refractivity (Wildman–Crippen MR) is 81.0 cm³/mol. The highest BCUT2D eigenvalue weighted by Gasteiger charge is 2.14. The molecule has 4 heteroatoms. The quantitative estimate of drug-likeness (QED) is 0.904. The number of nitrogens with one attached hydrogen (secondary N) is 1. The Bertz CT molecular complexity index is 560. The molecule has 0 amide bonds. The molecule has 102 valence electrons. The fraction of sp³-hybridized carbons (Fsp3) is 0.400. The molecule has 1 aromatic heterocycles. The van der Waals surface area contributed by atoms with Gasteiger partial charge in [-0.25, -0.2) is 4.98 Å². The highest BCUT2D eigenvalue weighted by Crippen LogP contribution is 2.25. The van der Waals surface area contributed by atoms with Crippen molar-refractivity contribution in [1.29, 1.82) is 0 Å². The first-order chi connectivity index (χ1) is 8.97. The first kappa shape index (κ1) is 13.9. The van der Waals surface area contributed by atoms with E-state index >= 15 is 0 Å². The molecule has 1 heterocycles. The first-order valence-electron chi connectivity index (χ1n) is 6.55. The topological polar surface area (TPSA) is 29.9 Å². The molecule has 2 rings (SSSR count). The zero-order chi connectivity index (χ0) is 14.0. The zero-order valence-electron chi connectivity index (χ0n) is 11.8. The van der Waals surface area contributed by atoms with Crippen LogP contribution in [-0.4, -0.2) is 15.6 Å². The number of aryl methyl sites for hydroxylation is 1. The van der Waals surface area contributed by atoms with Crippen LogP contribution in [0.25, 0.3) is 0 Å². The molecule has 19 heavy (non-hydrogen) atoms. The summed E-state index contributed by atoms with van der Waals surface area (Å²) in [5, 5.41) is 4.14. The van der Waals surface area contributed by atoms with E-state index in [1.54, 1.807) is 0 Å². The second-order valence-electron chi connectivity index (χ2n) is 5.14. The largest absolute Gasteiger partial charge is 0.353 e. The molecule has 0 saturated heterocycles. The molecule has 1 aromatic carbocycles. The van der Waals surface area contributed by atoms with Gasteiger partial charge in [0.2, 0.25) is 5.95 Å². The third-order valence-corrected chi connectivity index (χ3v) is 3.25. The van der Waals surface area contributed by atoms with Gasteiger partial charge in [0, 0.05) is 17.3 Å². The molecule has 1 unspecified atom stereocenters. The van der Waals surface area contributed by atoms with Gasteiger partial charge in [-0.2, -0.15) is 0 Å². The maximum absolute atomic E-state index is 6.07. The number of imidazole rings is 1. The van der Waals surface area contributed by atoms with Crippen molar-refractivity contribution in [2.24, 2.45) is 0 Å². The Balaban J connectivity index is 2.35. The number of aromatic nitrogens is 2. The summed E-state index contributed by atoms with van der Waals surface area (Å²) in [6, 6.07) is 8.51. The van der Waals surface area contributed by atoms with E-state index in [4.69, 9.17) is 11.6 Å². The normalized spacial score (nSPS) is 12.7. The molecule has 0 saturated carbocycles. The van der Waals surface area contributed by atoms with Crippen LogP contribution in [0.3, 0.4) is 0 Å². The summed E-state index contributed by atoms with van der Waals surface area (Å²) >= 11 is 6.07. The molecule has 3 nitrogen and oxygen atoms in total. The van der Waals surface area contributed by atoms with Gasteiger partial charge in [-0.3, -0.25) is 0 Å². The maximum Gasteiger partial charge on any atom is 0.203 e. The molecule has 0 radical (unpaired) electrons. The number of benzene rings is 1. The monoisotopic (exact) mass is 277 g/mol. The number of rotatable bonds is 4. The standard InChI is InChI=1S/C15H20ClN3/c1-10(2)17-15-18-11(3)9-19(15)12(4)13-6-5-7-14(16)8-13/h5-10,12H,1-4H3,(H,17,18). The maximum atomic E-state index is 6.07. The minimum atomic E-state index is 0.196. The van der Waals surface area contributed by atoms with E-state index in [0.717, 1.165) is 16.7 Å². The van der Waals surface area contributed by atoms with Crippen molar-refractivity contribution in [1.82, 2.24) is 9.55 Å². The summed E-state index contributed by atoms with van der Waals surface area (Å²) in [5.74, 6) is 0.903. The molecule has 0 bridgehead atoms. The van der Waals surface area contributed by atoms with Crippen LogP contribution in [-0.2, 0) is 0 Å². The zero-order valence-corrected chi connectivity index (χ0v) is 12.6. The Morgan fingerprint density at radius 1 is 1.26 bits per heavy atom. The molecular weight excluding hydrogens is 258 g/mol. The van der Waals surface area contributed by atoms with Gasteiger partial charge in [0.05, 0.1) is 11.7 Å². The van der Waals surface area contributed by atoms with Crippen molar-refractivity contribution in [2.75, 3.05) is 5.32 Å². The average Bonchev–Trinajstić information content (AvgIpc) is 2.68. The molecule has 2 aromatic rings. The van der Waals surface area contributed by atoms with E-state index in [9.17, 15) is 0 Å². The van der Waals surface area contributed by atoms with Crippen molar-refractivity contribution >= 4 is 17.5 Å². The summed E-state index contributed by atoms with van der Waals surface area (Å²) in [4.78, 5) is 4.54. The van der Waals surface area contributed by atoms with Gasteiger partial charge in [0.25, 0.3) is 0 Å². The van der Waals surface area contributed by atoms with Crippen LogP contribution >= 0.6 is 11.6 Å². The van der Waals surface area contributed by atoms with Crippen LogP contribution in [0.5, 0.6) is 0 Å². The van der Waals surface area contributed by atoms with Crippen LogP contribution in [0.1, 0.15) is 38.1 Å². The van der Waals surface area contributed by atoms with Crippen molar-refractivity contribution in [3.63, 3.8) is 0 Å². The Morgan fingerprint density at radius 3 is 2.63 bits per heavy atom. The Kier molecular flexibility index (Phi) is 4.15. The number of hydrogen-bond donors (Lipinski definition) is 1. The summed E-state index contributed by atoms with van der Waals surface area (Å²) in [5.41, 5.74) is 2.19.